The highest BCUT2D eigenvalue weighted by molar-refractivity contribution is 5.76. The van der Waals surface area contributed by atoms with E-state index in [0.29, 0.717) is 6.42 Å². The van der Waals surface area contributed by atoms with Crippen LogP contribution >= 0.6 is 0 Å². The van der Waals surface area contributed by atoms with Gasteiger partial charge < -0.3 is 4.90 Å². The zero-order chi connectivity index (χ0) is 10.0. The van der Waals surface area contributed by atoms with Crippen molar-refractivity contribution in [3.63, 3.8) is 0 Å². The van der Waals surface area contributed by atoms with Crippen LogP contribution in [0.3, 0.4) is 0 Å². The Bertz CT molecular complexity index is 183. The van der Waals surface area contributed by atoms with Gasteiger partial charge in [-0.3, -0.25) is 10.6 Å². The van der Waals surface area contributed by atoms with E-state index in [4.69, 9.17) is 5.84 Å². The van der Waals surface area contributed by atoms with E-state index in [9.17, 15) is 4.79 Å². The van der Waals surface area contributed by atoms with Crippen LogP contribution in [0.15, 0.2) is 0 Å². The van der Waals surface area contributed by atoms with Gasteiger partial charge in [-0.15, -0.1) is 0 Å². The number of hydrogen-bond acceptors (Lipinski definition) is 3. The summed E-state index contributed by atoms with van der Waals surface area (Å²) in [7, 11) is 0. The Labute approximate surface area is 79.6 Å². The second-order valence-electron chi connectivity index (χ2n) is 3.80. The van der Waals surface area contributed by atoms with Crippen molar-refractivity contribution in [2.45, 2.75) is 39.3 Å². The van der Waals surface area contributed by atoms with Crippen LogP contribution in [0, 0.1) is 0 Å². The molecule has 0 radical (unpaired) electrons. The van der Waals surface area contributed by atoms with Gasteiger partial charge in [-0.05, 0) is 13.8 Å². The second-order valence-corrected chi connectivity index (χ2v) is 3.80. The SMILES string of the molecule is CCC(=O)N1C[C@@H](C)N(N)[C@H](C)C1. The molecule has 1 aliphatic heterocycles. The van der Waals surface area contributed by atoms with E-state index in [0.717, 1.165) is 13.1 Å². The second kappa shape index (κ2) is 4.07. The van der Waals surface area contributed by atoms with Gasteiger partial charge in [0.15, 0.2) is 0 Å². The molecule has 4 nitrogen and oxygen atoms in total. The molecule has 0 bridgehead atoms. The summed E-state index contributed by atoms with van der Waals surface area (Å²) in [5.74, 6) is 6.05. The van der Waals surface area contributed by atoms with E-state index in [1.54, 1.807) is 0 Å². The molecule has 0 aliphatic carbocycles. The molecule has 0 aromatic rings. The van der Waals surface area contributed by atoms with Gasteiger partial charge in [0.05, 0.1) is 0 Å². The molecule has 0 aromatic heterocycles. The van der Waals surface area contributed by atoms with Gasteiger partial charge in [-0.25, -0.2) is 5.01 Å². The molecule has 4 heteroatoms. The predicted molar refractivity (Wildman–Crippen MR) is 51.8 cm³/mol. The maximum atomic E-state index is 11.4. The molecule has 0 saturated carbocycles. The summed E-state index contributed by atoms with van der Waals surface area (Å²) < 4.78 is 0. The first-order chi connectivity index (χ1) is 6.06. The Hall–Kier alpha value is -0.610. The van der Waals surface area contributed by atoms with Crippen molar-refractivity contribution in [2.75, 3.05) is 13.1 Å². The number of nitrogens with zero attached hydrogens (tertiary/aromatic N) is 2. The van der Waals surface area contributed by atoms with Crippen molar-refractivity contribution in [1.82, 2.24) is 9.91 Å². The summed E-state index contributed by atoms with van der Waals surface area (Å²) in [5.41, 5.74) is 0. The third kappa shape index (κ3) is 2.19. The van der Waals surface area contributed by atoms with Crippen molar-refractivity contribution in [1.29, 1.82) is 0 Å². The summed E-state index contributed by atoms with van der Waals surface area (Å²) in [6.07, 6.45) is 0.587. The van der Waals surface area contributed by atoms with E-state index in [2.05, 4.69) is 0 Å². The zero-order valence-electron chi connectivity index (χ0n) is 8.66. The summed E-state index contributed by atoms with van der Waals surface area (Å²) in [5, 5.41) is 1.83. The minimum absolute atomic E-state index is 0.229. The minimum atomic E-state index is 0.229. The maximum absolute atomic E-state index is 11.4. The molecule has 1 aliphatic rings. The monoisotopic (exact) mass is 185 g/mol. The van der Waals surface area contributed by atoms with Crippen LogP contribution < -0.4 is 5.84 Å². The largest absolute Gasteiger partial charge is 0.339 e. The lowest BCUT2D eigenvalue weighted by Crippen LogP contribution is -2.60. The molecule has 0 aromatic carbocycles. The quantitative estimate of drug-likeness (QED) is 0.593. The average Bonchev–Trinajstić information content (AvgIpc) is 2.12. The van der Waals surface area contributed by atoms with Gasteiger partial charge in [0, 0.05) is 31.6 Å². The molecule has 1 heterocycles. The van der Waals surface area contributed by atoms with E-state index < -0.39 is 0 Å². The predicted octanol–water partition coefficient (Wildman–Crippen LogP) is 0.191. The van der Waals surface area contributed by atoms with Crippen LogP contribution in [-0.4, -0.2) is 41.0 Å². The zero-order valence-corrected chi connectivity index (χ0v) is 8.66. The third-order valence-corrected chi connectivity index (χ3v) is 2.64. The van der Waals surface area contributed by atoms with Gasteiger partial charge in [-0.1, -0.05) is 6.92 Å². The van der Waals surface area contributed by atoms with Crippen LogP contribution in [0.5, 0.6) is 0 Å². The fraction of sp³-hybridized carbons (Fsp3) is 0.889. The summed E-state index contributed by atoms with van der Waals surface area (Å²) in [6.45, 7) is 7.50. The van der Waals surface area contributed by atoms with Crippen molar-refractivity contribution in [3.8, 4) is 0 Å². The number of hydrogen-bond donors (Lipinski definition) is 1. The van der Waals surface area contributed by atoms with Crippen molar-refractivity contribution in [2.24, 2.45) is 5.84 Å². The standard InChI is InChI=1S/C9H19N3O/c1-4-9(13)11-5-7(2)12(10)8(3)6-11/h7-8H,4-6,10H2,1-3H3/t7-,8-/m1/s1. The van der Waals surface area contributed by atoms with Crippen molar-refractivity contribution in [3.05, 3.63) is 0 Å². The molecule has 1 fully saturated rings. The molecule has 0 unspecified atom stereocenters. The Morgan fingerprint density at radius 2 is 1.85 bits per heavy atom. The topological polar surface area (TPSA) is 49.6 Å². The molecule has 2 atom stereocenters. The van der Waals surface area contributed by atoms with Crippen LogP contribution in [-0.2, 0) is 4.79 Å². The van der Waals surface area contributed by atoms with E-state index in [-0.39, 0.29) is 18.0 Å². The van der Waals surface area contributed by atoms with Gasteiger partial charge >= 0.3 is 0 Å². The number of carbonyl (C=O) groups excluding carboxylic acids is 1. The molecule has 1 rings (SSSR count). The van der Waals surface area contributed by atoms with Crippen molar-refractivity contribution >= 4 is 5.91 Å². The lowest BCUT2D eigenvalue weighted by molar-refractivity contribution is -0.135. The van der Waals surface area contributed by atoms with Gasteiger partial charge in [0.2, 0.25) is 5.91 Å². The average molecular weight is 185 g/mol. The van der Waals surface area contributed by atoms with Gasteiger partial charge in [0.25, 0.3) is 0 Å². The van der Waals surface area contributed by atoms with Crippen LogP contribution in [0.2, 0.25) is 0 Å². The Morgan fingerprint density at radius 1 is 1.38 bits per heavy atom. The Balaban J connectivity index is 2.58. The molecule has 2 N–H and O–H groups in total. The number of rotatable bonds is 1. The van der Waals surface area contributed by atoms with E-state index in [1.807, 2.05) is 30.7 Å². The lowest BCUT2D eigenvalue weighted by Gasteiger charge is -2.41. The smallest absolute Gasteiger partial charge is 0.222 e. The first-order valence-corrected chi connectivity index (χ1v) is 4.87. The molecular weight excluding hydrogens is 166 g/mol. The number of nitrogens with two attached hydrogens (primary N) is 1. The Kier molecular flexibility index (Phi) is 3.27. The van der Waals surface area contributed by atoms with E-state index in [1.165, 1.54) is 0 Å². The highest BCUT2D eigenvalue weighted by Crippen LogP contribution is 2.12. The summed E-state index contributed by atoms with van der Waals surface area (Å²) in [4.78, 5) is 13.3. The minimum Gasteiger partial charge on any atom is -0.339 e. The Morgan fingerprint density at radius 3 is 2.23 bits per heavy atom. The molecular formula is C9H19N3O. The van der Waals surface area contributed by atoms with Crippen molar-refractivity contribution < 1.29 is 4.79 Å². The van der Waals surface area contributed by atoms with Crippen LogP contribution in [0.25, 0.3) is 0 Å². The lowest BCUT2D eigenvalue weighted by atomic mass is 10.1. The van der Waals surface area contributed by atoms with Gasteiger partial charge in [-0.2, -0.15) is 0 Å². The normalized spacial score (nSPS) is 30.6. The molecule has 1 saturated heterocycles. The fourth-order valence-electron chi connectivity index (χ4n) is 1.76. The van der Waals surface area contributed by atoms with Crippen LogP contribution in [0.4, 0.5) is 0 Å². The highest BCUT2D eigenvalue weighted by Gasteiger charge is 2.28. The number of piperazine rings is 1. The summed E-state index contributed by atoms with van der Waals surface area (Å²) in [6, 6.07) is 0.526. The molecule has 0 spiro atoms. The number of amides is 1. The number of hydrazine groups is 1. The molecule has 13 heavy (non-hydrogen) atoms. The molecule has 76 valence electrons. The summed E-state index contributed by atoms with van der Waals surface area (Å²) >= 11 is 0. The fourth-order valence-corrected chi connectivity index (χ4v) is 1.76. The van der Waals surface area contributed by atoms with Crippen LogP contribution in [0.1, 0.15) is 27.2 Å². The molecule has 1 amide bonds. The van der Waals surface area contributed by atoms with E-state index >= 15 is 0 Å². The highest BCUT2D eigenvalue weighted by atomic mass is 16.2. The van der Waals surface area contributed by atoms with Gasteiger partial charge in [0.1, 0.15) is 0 Å². The number of carbonyl (C=O) groups is 1. The first kappa shape index (κ1) is 10.5. The third-order valence-electron chi connectivity index (χ3n) is 2.64. The maximum Gasteiger partial charge on any atom is 0.222 e. The first-order valence-electron chi connectivity index (χ1n) is 4.87.